The summed E-state index contributed by atoms with van der Waals surface area (Å²) in [5, 5.41) is 0. The van der Waals surface area contributed by atoms with Crippen LogP contribution in [0, 0.1) is 0 Å². The molecule has 0 atom stereocenters. The van der Waals surface area contributed by atoms with E-state index >= 15 is 0 Å². The van der Waals surface area contributed by atoms with Crippen molar-refractivity contribution in [2.24, 2.45) is 0 Å². The Morgan fingerprint density at radius 2 is 0.949 bits per heavy atom. The fraction of sp³-hybridized carbons (Fsp3) is 0.514. The summed E-state index contributed by atoms with van der Waals surface area (Å²) >= 11 is 0. The van der Waals surface area contributed by atoms with Gasteiger partial charge in [-0.15, -0.1) is 0 Å². The molecule has 0 fully saturated rings. The van der Waals surface area contributed by atoms with E-state index in [1.165, 1.54) is 113 Å². The fourth-order valence-electron chi connectivity index (χ4n) is 5.87. The van der Waals surface area contributed by atoms with Crippen molar-refractivity contribution in [3.05, 3.63) is 89.5 Å². The minimum atomic E-state index is 0.181. The molecule has 0 unspecified atom stereocenters. The standard InChI is InChI=1S/C37H50O2/c1-2-3-4-5-6-7-8-9-10-11-12-13-14-15-16-21-30-38-32-28-26-31(27-29-32)37-33-22-17-19-24-35(33)39-36-25-20-18-23-34(36)37/h17-20,22-29,37H,2-16,21,30H2,1H3. The maximum Gasteiger partial charge on any atom is 0.131 e. The first-order valence-corrected chi connectivity index (χ1v) is 16.0. The van der Waals surface area contributed by atoms with Gasteiger partial charge in [-0.3, -0.25) is 0 Å². The first kappa shape index (κ1) is 29.2. The van der Waals surface area contributed by atoms with Crippen LogP contribution in [-0.2, 0) is 0 Å². The highest BCUT2D eigenvalue weighted by molar-refractivity contribution is 5.58. The average molecular weight is 527 g/mol. The SMILES string of the molecule is CCCCCCCCCCCCCCCCCCOc1ccc(C2c3ccccc3Oc3ccccc32)cc1. The zero-order valence-electron chi connectivity index (χ0n) is 24.3. The molecule has 4 rings (SSSR count). The van der Waals surface area contributed by atoms with Gasteiger partial charge in [-0.1, -0.05) is 152 Å². The van der Waals surface area contributed by atoms with Crippen LogP contribution in [0.15, 0.2) is 72.8 Å². The van der Waals surface area contributed by atoms with E-state index in [2.05, 4.69) is 67.6 Å². The highest BCUT2D eigenvalue weighted by Crippen LogP contribution is 2.47. The molecule has 0 saturated heterocycles. The Kier molecular flexibility index (Phi) is 12.8. The van der Waals surface area contributed by atoms with Gasteiger partial charge in [0, 0.05) is 17.0 Å². The van der Waals surface area contributed by atoms with E-state index in [1.807, 2.05) is 12.1 Å². The molecule has 2 nitrogen and oxygen atoms in total. The number of rotatable bonds is 19. The Bertz CT molecular complexity index is 1030. The van der Waals surface area contributed by atoms with Gasteiger partial charge in [-0.05, 0) is 36.2 Å². The number of ether oxygens (including phenoxy) is 2. The summed E-state index contributed by atoms with van der Waals surface area (Å²) in [5.41, 5.74) is 3.71. The summed E-state index contributed by atoms with van der Waals surface area (Å²) in [6.07, 6.45) is 22.3. The van der Waals surface area contributed by atoms with Crippen LogP contribution in [0.1, 0.15) is 132 Å². The molecule has 3 aromatic carbocycles. The number of benzene rings is 3. The molecule has 1 aliphatic rings. The summed E-state index contributed by atoms with van der Waals surface area (Å²) < 4.78 is 12.3. The Hall–Kier alpha value is -2.74. The molecule has 0 saturated carbocycles. The summed E-state index contributed by atoms with van der Waals surface area (Å²) in [6, 6.07) is 25.4. The molecule has 0 N–H and O–H groups in total. The van der Waals surface area contributed by atoms with E-state index in [9.17, 15) is 0 Å². The molecular weight excluding hydrogens is 476 g/mol. The Morgan fingerprint density at radius 1 is 0.513 bits per heavy atom. The summed E-state index contributed by atoms with van der Waals surface area (Å²) in [6.45, 7) is 3.10. The highest BCUT2D eigenvalue weighted by atomic mass is 16.5. The number of hydrogen-bond acceptors (Lipinski definition) is 2. The topological polar surface area (TPSA) is 18.5 Å². The van der Waals surface area contributed by atoms with Crippen LogP contribution in [0.5, 0.6) is 17.2 Å². The van der Waals surface area contributed by atoms with E-state index in [1.54, 1.807) is 0 Å². The summed E-state index contributed by atoms with van der Waals surface area (Å²) in [4.78, 5) is 0. The Morgan fingerprint density at radius 3 is 1.44 bits per heavy atom. The lowest BCUT2D eigenvalue weighted by Gasteiger charge is -2.28. The van der Waals surface area contributed by atoms with E-state index < -0.39 is 0 Å². The van der Waals surface area contributed by atoms with Crippen LogP contribution < -0.4 is 9.47 Å². The molecule has 2 heteroatoms. The molecule has 3 aromatic rings. The first-order chi connectivity index (χ1) is 19.4. The first-order valence-electron chi connectivity index (χ1n) is 16.0. The Balaban J connectivity index is 1.06. The molecule has 39 heavy (non-hydrogen) atoms. The van der Waals surface area contributed by atoms with Crippen LogP contribution in [0.4, 0.5) is 0 Å². The third-order valence-corrected chi connectivity index (χ3v) is 8.16. The van der Waals surface area contributed by atoms with Gasteiger partial charge in [0.05, 0.1) is 6.61 Å². The van der Waals surface area contributed by atoms with Gasteiger partial charge in [-0.25, -0.2) is 0 Å². The van der Waals surface area contributed by atoms with E-state index in [-0.39, 0.29) is 5.92 Å². The molecule has 1 heterocycles. The van der Waals surface area contributed by atoms with Gasteiger partial charge in [0.25, 0.3) is 0 Å². The lowest BCUT2D eigenvalue weighted by molar-refractivity contribution is 0.304. The van der Waals surface area contributed by atoms with Gasteiger partial charge in [0.1, 0.15) is 17.2 Å². The van der Waals surface area contributed by atoms with Gasteiger partial charge < -0.3 is 9.47 Å². The van der Waals surface area contributed by atoms with Gasteiger partial charge in [0.15, 0.2) is 0 Å². The molecule has 0 radical (unpaired) electrons. The fourth-order valence-corrected chi connectivity index (χ4v) is 5.87. The maximum absolute atomic E-state index is 6.17. The monoisotopic (exact) mass is 526 g/mol. The van der Waals surface area contributed by atoms with Crippen molar-refractivity contribution in [3.63, 3.8) is 0 Å². The third-order valence-electron chi connectivity index (χ3n) is 8.16. The number of unbranched alkanes of at least 4 members (excludes halogenated alkanes) is 15. The number of fused-ring (bicyclic) bond motifs is 2. The van der Waals surface area contributed by atoms with Crippen LogP contribution >= 0.6 is 0 Å². The summed E-state index contributed by atoms with van der Waals surface area (Å²) in [7, 11) is 0. The van der Waals surface area contributed by atoms with Gasteiger partial charge >= 0.3 is 0 Å². The van der Waals surface area contributed by atoms with Crippen molar-refractivity contribution < 1.29 is 9.47 Å². The lowest BCUT2D eigenvalue weighted by Crippen LogP contribution is -2.11. The van der Waals surface area contributed by atoms with Gasteiger partial charge in [-0.2, -0.15) is 0 Å². The third kappa shape index (κ3) is 9.45. The van der Waals surface area contributed by atoms with Gasteiger partial charge in [0.2, 0.25) is 0 Å². The normalized spacial score (nSPS) is 12.5. The minimum Gasteiger partial charge on any atom is -0.494 e. The van der Waals surface area contributed by atoms with Crippen LogP contribution in [-0.4, -0.2) is 6.61 Å². The second kappa shape index (κ2) is 17.1. The minimum absolute atomic E-state index is 0.181. The molecule has 0 aromatic heterocycles. The molecule has 0 aliphatic carbocycles. The van der Waals surface area contributed by atoms with Crippen molar-refractivity contribution in [1.29, 1.82) is 0 Å². The molecule has 0 spiro atoms. The maximum atomic E-state index is 6.17. The molecule has 0 bridgehead atoms. The number of para-hydroxylation sites is 2. The summed E-state index contributed by atoms with van der Waals surface area (Å²) in [5.74, 6) is 3.05. The predicted octanol–water partition coefficient (Wildman–Crippen LogP) is 11.6. The van der Waals surface area contributed by atoms with Crippen molar-refractivity contribution >= 4 is 0 Å². The average Bonchev–Trinajstić information content (AvgIpc) is 2.98. The molecular formula is C37H50O2. The number of hydrogen-bond donors (Lipinski definition) is 0. The Labute approximate surface area is 238 Å². The second-order valence-corrected chi connectivity index (χ2v) is 11.3. The van der Waals surface area contributed by atoms with Crippen molar-refractivity contribution in [1.82, 2.24) is 0 Å². The predicted molar refractivity (Wildman–Crippen MR) is 165 cm³/mol. The molecule has 210 valence electrons. The molecule has 1 aliphatic heterocycles. The van der Waals surface area contributed by atoms with E-state index in [4.69, 9.17) is 9.47 Å². The quantitative estimate of drug-likeness (QED) is 0.113. The van der Waals surface area contributed by atoms with Crippen LogP contribution in [0.2, 0.25) is 0 Å². The lowest BCUT2D eigenvalue weighted by atomic mass is 9.83. The zero-order valence-corrected chi connectivity index (χ0v) is 24.3. The van der Waals surface area contributed by atoms with Crippen molar-refractivity contribution in [2.45, 2.75) is 116 Å². The smallest absolute Gasteiger partial charge is 0.131 e. The van der Waals surface area contributed by atoms with Crippen LogP contribution in [0.3, 0.4) is 0 Å². The largest absolute Gasteiger partial charge is 0.494 e. The van der Waals surface area contributed by atoms with Crippen LogP contribution in [0.25, 0.3) is 0 Å². The molecule has 0 amide bonds. The zero-order chi connectivity index (χ0) is 27.0. The van der Waals surface area contributed by atoms with Crippen molar-refractivity contribution in [2.75, 3.05) is 6.61 Å². The van der Waals surface area contributed by atoms with E-state index in [0.717, 1.165) is 30.3 Å². The second-order valence-electron chi connectivity index (χ2n) is 11.3. The van der Waals surface area contributed by atoms with Crippen molar-refractivity contribution in [3.8, 4) is 17.2 Å². The highest BCUT2D eigenvalue weighted by Gasteiger charge is 2.28. The van der Waals surface area contributed by atoms with E-state index in [0.29, 0.717) is 0 Å².